The fraction of sp³-hybridized carbons (Fsp3) is 0.263. The lowest BCUT2D eigenvalue weighted by Gasteiger charge is -2.08. The molecule has 1 atom stereocenters. The standard InChI is InChI=1S/C19H17FN2O2/c20-16-7-3-4-8-17(16)23-12-19-22-21-18(24-19)11-14-10-9-13-5-1-2-6-15(13)14/h1-8,14H,9-12H2. The lowest BCUT2D eigenvalue weighted by atomic mass is 9.98. The molecule has 5 heteroatoms. The van der Waals surface area contributed by atoms with Gasteiger partial charge in [0.1, 0.15) is 0 Å². The summed E-state index contributed by atoms with van der Waals surface area (Å²) in [6.45, 7) is 0.0647. The fourth-order valence-corrected chi connectivity index (χ4v) is 3.20. The zero-order valence-corrected chi connectivity index (χ0v) is 13.1. The molecule has 1 aliphatic carbocycles. The van der Waals surface area contributed by atoms with Gasteiger partial charge in [-0.1, -0.05) is 36.4 Å². The van der Waals surface area contributed by atoms with E-state index in [0.29, 0.717) is 17.7 Å². The molecule has 0 saturated carbocycles. The molecule has 1 unspecified atom stereocenters. The van der Waals surface area contributed by atoms with Crippen LogP contribution in [-0.2, 0) is 19.4 Å². The zero-order valence-electron chi connectivity index (χ0n) is 13.1. The van der Waals surface area contributed by atoms with E-state index >= 15 is 0 Å². The minimum Gasteiger partial charge on any atom is -0.481 e. The summed E-state index contributed by atoms with van der Waals surface area (Å²) in [5, 5.41) is 8.09. The van der Waals surface area contributed by atoms with Crippen LogP contribution in [0.2, 0.25) is 0 Å². The SMILES string of the molecule is Fc1ccccc1OCc1nnc(CC2CCc3ccccc32)o1. The van der Waals surface area contributed by atoms with Crippen LogP contribution in [0.25, 0.3) is 0 Å². The van der Waals surface area contributed by atoms with Gasteiger partial charge in [0.15, 0.2) is 18.2 Å². The number of rotatable bonds is 5. The molecule has 0 aliphatic heterocycles. The van der Waals surface area contributed by atoms with E-state index in [1.54, 1.807) is 18.2 Å². The van der Waals surface area contributed by atoms with Crippen molar-refractivity contribution in [2.75, 3.05) is 0 Å². The molecule has 3 aromatic rings. The quantitative estimate of drug-likeness (QED) is 0.710. The Balaban J connectivity index is 1.40. The third kappa shape index (κ3) is 3.02. The predicted octanol–water partition coefficient (Wildman–Crippen LogP) is 4.06. The number of aryl methyl sites for hydroxylation is 1. The Labute approximate surface area is 139 Å². The average molecular weight is 324 g/mol. The first-order valence-electron chi connectivity index (χ1n) is 8.06. The highest BCUT2D eigenvalue weighted by Crippen LogP contribution is 2.35. The highest BCUT2D eigenvalue weighted by molar-refractivity contribution is 5.35. The molecular formula is C19H17FN2O2. The van der Waals surface area contributed by atoms with E-state index in [0.717, 1.165) is 19.3 Å². The van der Waals surface area contributed by atoms with Crippen LogP contribution < -0.4 is 4.74 Å². The molecule has 0 amide bonds. The number of fused-ring (bicyclic) bond motifs is 1. The second-order valence-corrected chi connectivity index (χ2v) is 5.95. The van der Waals surface area contributed by atoms with E-state index < -0.39 is 5.82 Å². The Morgan fingerprint density at radius 3 is 2.75 bits per heavy atom. The summed E-state index contributed by atoms with van der Waals surface area (Å²) < 4.78 is 24.6. The monoisotopic (exact) mass is 324 g/mol. The minimum absolute atomic E-state index is 0.0647. The van der Waals surface area contributed by atoms with Gasteiger partial charge in [0.05, 0.1) is 0 Å². The first-order chi connectivity index (χ1) is 11.8. The number of hydrogen-bond donors (Lipinski definition) is 0. The van der Waals surface area contributed by atoms with Gasteiger partial charge >= 0.3 is 0 Å². The van der Waals surface area contributed by atoms with Gasteiger partial charge in [-0.15, -0.1) is 10.2 Å². The summed E-state index contributed by atoms with van der Waals surface area (Å²) in [5.41, 5.74) is 2.78. The number of hydrogen-bond acceptors (Lipinski definition) is 4. The van der Waals surface area contributed by atoms with Gasteiger partial charge in [0, 0.05) is 6.42 Å². The van der Waals surface area contributed by atoms with E-state index in [2.05, 4.69) is 34.5 Å². The summed E-state index contributed by atoms with van der Waals surface area (Å²) in [7, 11) is 0. The Bertz CT molecular complexity index is 847. The van der Waals surface area contributed by atoms with Crippen molar-refractivity contribution in [2.24, 2.45) is 0 Å². The van der Waals surface area contributed by atoms with Crippen LogP contribution in [0.3, 0.4) is 0 Å². The molecule has 0 radical (unpaired) electrons. The Hall–Kier alpha value is -2.69. The molecule has 0 N–H and O–H groups in total. The molecule has 4 nitrogen and oxygen atoms in total. The van der Waals surface area contributed by atoms with E-state index in [4.69, 9.17) is 9.15 Å². The van der Waals surface area contributed by atoms with Crippen molar-refractivity contribution in [3.63, 3.8) is 0 Å². The van der Waals surface area contributed by atoms with Crippen molar-refractivity contribution in [1.82, 2.24) is 10.2 Å². The highest BCUT2D eigenvalue weighted by Gasteiger charge is 2.24. The number of benzene rings is 2. The van der Waals surface area contributed by atoms with Crippen LogP contribution in [0, 0.1) is 5.82 Å². The number of halogens is 1. The normalized spacial score (nSPS) is 16.1. The summed E-state index contributed by atoms with van der Waals surface area (Å²) in [4.78, 5) is 0. The summed E-state index contributed by atoms with van der Waals surface area (Å²) in [6, 6.07) is 14.8. The van der Waals surface area contributed by atoms with E-state index in [1.807, 2.05) is 0 Å². The molecule has 0 fully saturated rings. The molecule has 4 rings (SSSR count). The van der Waals surface area contributed by atoms with Crippen molar-refractivity contribution in [2.45, 2.75) is 31.8 Å². The number of para-hydroxylation sites is 1. The maximum absolute atomic E-state index is 13.5. The van der Waals surface area contributed by atoms with Gasteiger partial charge in [-0.2, -0.15) is 0 Å². The van der Waals surface area contributed by atoms with Crippen molar-refractivity contribution in [3.05, 3.63) is 77.3 Å². The second kappa shape index (κ2) is 6.43. The van der Waals surface area contributed by atoms with Crippen molar-refractivity contribution < 1.29 is 13.5 Å². The smallest absolute Gasteiger partial charge is 0.253 e. The Morgan fingerprint density at radius 1 is 1.04 bits per heavy atom. The first kappa shape index (κ1) is 14.9. The molecule has 122 valence electrons. The largest absolute Gasteiger partial charge is 0.481 e. The molecule has 1 heterocycles. The molecule has 0 spiro atoms. The second-order valence-electron chi connectivity index (χ2n) is 5.95. The van der Waals surface area contributed by atoms with Crippen LogP contribution in [0.4, 0.5) is 4.39 Å². The molecule has 0 saturated heterocycles. The third-order valence-electron chi connectivity index (χ3n) is 4.37. The predicted molar refractivity (Wildman–Crippen MR) is 86.2 cm³/mol. The van der Waals surface area contributed by atoms with Gasteiger partial charge in [-0.05, 0) is 42.0 Å². The van der Waals surface area contributed by atoms with E-state index in [-0.39, 0.29) is 12.4 Å². The van der Waals surface area contributed by atoms with E-state index in [9.17, 15) is 4.39 Å². The lowest BCUT2D eigenvalue weighted by molar-refractivity contribution is 0.248. The number of nitrogens with zero attached hydrogens (tertiary/aromatic N) is 2. The first-order valence-corrected chi connectivity index (χ1v) is 8.06. The summed E-state index contributed by atoms with van der Waals surface area (Å²) in [6.07, 6.45) is 2.92. The van der Waals surface area contributed by atoms with Crippen LogP contribution >= 0.6 is 0 Å². The number of aromatic nitrogens is 2. The van der Waals surface area contributed by atoms with E-state index in [1.165, 1.54) is 17.2 Å². The summed E-state index contributed by atoms with van der Waals surface area (Å²) in [5.74, 6) is 1.16. The van der Waals surface area contributed by atoms with Gasteiger partial charge in [-0.3, -0.25) is 0 Å². The molecular weight excluding hydrogens is 307 g/mol. The van der Waals surface area contributed by atoms with Crippen LogP contribution in [0.1, 0.15) is 35.2 Å². The number of ether oxygens (including phenoxy) is 1. The molecule has 2 aromatic carbocycles. The Morgan fingerprint density at radius 2 is 1.83 bits per heavy atom. The van der Waals surface area contributed by atoms with Gasteiger partial charge in [0.2, 0.25) is 5.89 Å². The fourth-order valence-electron chi connectivity index (χ4n) is 3.20. The maximum Gasteiger partial charge on any atom is 0.253 e. The van der Waals surface area contributed by atoms with Crippen molar-refractivity contribution >= 4 is 0 Å². The molecule has 0 bridgehead atoms. The topological polar surface area (TPSA) is 48.2 Å². The lowest BCUT2D eigenvalue weighted by Crippen LogP contribution is -1.99. The van der Waals surface area contributed by atoms with Gasteiger partial charge in [-0.25, -0.2) is 4.39 Å². The maximum atomic E-state index is 13.5. The molecule has 1 aliphatic rings. The van der Waals surface area contributed by atoms with Crippen LogP contribution in [-0.4, -0.2) is 10.2 Å². The van der Waals surface area contributed by atoms with Crippen LogP contribution in [0.5, 0.6) is 5.75 Å². The Kier molecular flexibility index (Phi) is 3.99. The zero-order chi connectivity index (χ0) is 16.4. The van der Waals surface area contributed by atoms with Gasteiger partial charge < -0.3 is 9.15 Å². The average Bonchev–Trinajstić information content (AvgIpc) is 3.22. The third-order valence-corrected chi connectivity index (χ3v) is 4.37. The van der Waals surface area contributed by atoms with Crippen molar-refractivity contribution in [3.8, 4) is 5.75 Å². The molecule has 24 heavy (non-hydrogen) atoms. The summed E-state index contributed by atoms with van der Waals surface area (Å²) >= 11 is 0. The highest BCUT2D eigenvalue weighted by atomic mass is 19.1. The minimum atomic E-state index is -0.403. The van der Waals surface area contributed by atoms with Crippen molar-refractivity contribution in [1.29, 1.82) is 0 Å². The molecule has 1 aromatic heterocycles. The van der Waals surface area contributed by atoms with Crippen LogP contribution in [0.15, 0.2) is 52.9 Å². The van der Waals surface area contributed by atoms with Gasteiger partial charge in [0.25, 0.3) is 5.89 Å².